The zero-order chi connectivity index (χ0) is 18.3. The van der Waals surface area contributed by atoms with Gasteiger partial charge < -0.3 is 9.53 Å². The van der Waals surface area contributed by atoms with Crippen molar-refractivity contribution in [3.8, 4) is 0 Å². The lowest BCUT2D eigenvalue weighted by Crippen LogP contribution is -2.42. The third-order valence-electron chi connectivity index (χ3n) is 4.07. The van der Waals surface area contributed by atoms with Crippen LogP contribution in [0.3, 0.4) is 0 Å². The van der Waals surface area contributed by atoms with Crippen molar-refractivity contribution in [3.63, 3.8) is 0 Å². The number of allylic oxidation sites excluding steroid dienone is 2. The fourth-order valence-electron chi connectivity index (χ4n) is 1.51. The van der Waals surface area contributed by atoms with Crippen LogP contribution in [-0.4, -0.2) is 37.3 Å². The Hall–Kier alpha value is 0.307. The number of halogens is 2. The summed E-state index contributed by atoms with van der Waals surface area (Å²) in [4.78, 5) is 11.8. The van der Waals surface area contributed by atoms with Gasteiger partial charge in [0.15, 0.2) is 14.1 Å². The van der Waals surface area contributed by atoms with Gasteiger partial charge in [0.1, 0.15) is 0 Å². The minimum absolute atomic E-state index is 0.0268. The quantitative estimate of drug-likeness (QED) is 0.205. The maximum atomic E-state index is 11.8. The number of aliphatic hydroxyl groups is 1. The molecule has 0 aliphatic rings. The van der Waals surface area contributed by atoms with Crippen LogP contribution in [0.5, 0.6) is 0 Å². The lowest BCUT2D eigenvalue weighted by Gasteiger charge is -2.36. The molecule has 0 heterocycles. The molecular formula is C17H30ClIO3Si. The van der Waals surface area contributed by atoms with Gasteiger partial charge in [0.05, 0.1) is 12.7 Å². The summed E-state index contributed by atoms with van der Waals surface area (Å²) in [6.45, 7) is 14.8. The van der Waals surface area contributed by atoms with E-state index in [0.29, 0.717) is 19.3 Å². The van der Waals surface area contributed by atoms with Crippen molar-refractivity contribution in [2.75, 3.05) is 6.61 Å². The first kappa shape index (κ1) is 23.3. The molecule has 0 aromatic carbocycles. The van der Waals surface area contributed by atoms with E-state index in [2.05, 4.69) is 63.0 Å². The number of hydrogen-bond acceptors (Lipinski definition) is 3. The van der Waals surface area contributed by atoms with Gasteiger partial charge >= 0.3 is 0 Å². The molecule has 0 rings (SSSR count). The minimum Gasteiger partial charge on any atom is -0.414 e. The third kappa shape index (κ3) is 10.7. The Labute approximate surface area is 160 Å². The molecule has 0 saturated carbocycles. The average molecular weight is 473 g/mol. The highest BCUT2D eigenvalue weighted by molar-refractivity contribution is 14.1. The van der Waals surface area contributed by atoms with Gasteiger partial charge in [-0.1, -0.05) is 33.4 Å². The average Bonchev–Trinajstić information content (AvgIpc) is 2.38. The number of hydrogen-bond donors (Lipinski definition) is 1. The molecule has 0 aliphatic heterocycles. The van der Waals surface area contributed by atoms with Gasteiger partial charge in [0, 0.05) is 11.8 Å². The van der Waals surface area contributed by atoms with E-state index < -0.39 is 14.4 Å². The predicted molar refractivity (Wildman–Crippen MR) is 110 cm³/mol. The predicted octanol–water partition coefficient (Wildman–Crippen LogP) is 5.22. The molecule has 1 N–H and O–H groups in total. The van der Waals surface area contributed by atoms with E-state index in [1.54, 1.807) is 0 Å². The van der Waals surface area contributed by atoms with E-state index in [9.17, 15) is 9.90 Å². The summed E-state index contributed by atoms with van der Waals surface area (Å²) in [7, 11) is -1.87. The van der Waals surface area contributed by atoms with Gasteiger partial charge in [-0.25, -0.2) is 0 Å². The molecule has 0 radical (unpaired) electrons. The Morgan fingerprint density at radius 1 is 1.43 bits per heavy atom. The lowest BCUT2D eigenvalue weighted by molar-refractivity contribution is -0.114. The zero-order valence-electron chi connectivity index (χ0n) is 14.9. The lowest BCUT2D eigenvalue weighted by atomic mass is 10.1. The third-order valence-corrected chi connectivity index (χ3v) is 9.39. The second kappa shape index (κ2) is 10.3. The number of carbonyl (C=O) groups is 1. The number of rotatable bonds is 10. The van der Waals surface area contributed by atoms with Crippen LogP contribution in [0, 0.1) is 0 Å². The van der Waals surface area contributed by atoms with Crippen molar-refractivity contribution in [3.05, 3.63) is 22.3 Å². The van der Waals surface area contributed by atoms with Crippen LogP contribution in [0.25, 0.3) is 0 Å². The van der Waals surface area contributed by atoms with Gasteiger partial charge in [0.25, 0.3) is 0 Å². The van der Waals surface area contributed by atoms with Crippen molar-refractivity contribution in [2.24, 2.45) is 0 Å². The molecule has 3 nitrogen and oxygen atoms in total. The first-order valence-electron chi connectivity index (χ1n) is 7.85. The molecule has 0 spiro atoms. The highest BCUT2D eigenvalue weighted by Gasteiger charge is 2.37. The van der Waals surface area contributed by atoms with Crippen molar-refractivity contribution < 1.29 is 14.3 Å². The van der Waals surface area contributed by atoms with Gasteiger partial charge in [-0.3, -0.25) is 4.79 Å². The normalized spacial score (nSPS) is 15.7. The SMILES string of the molecule is C=C(I)CC(Cl)CCC(=O)/C=C/C(O)CO[Si](C)(C)C(C)(C)C. The van der Waals surface area contributed by atoms with E-state index in [4.69, 9.17) is 16.0 Å². The van der Waals surface area contributed by atoms with Crippen LogP contribution in [0.15, 0.2) is 22.3 Å². The first-order chi connectivity index (χ1) is 10.3. The molecule has 6 heteroatoms. The molecule has 2 unspecified atom stereocenters. The Balaban J connectivity index is 4.19. The topological polar surface area (TPSA) is 46.5 Å². The van der Waals surface area contributed by atoms with Gasteiger partial charge in [-0.2, -0.15) is 0 Å². The Morgan fingerprint density at radius 3 is 2.48 bits per heavy atom. The van der Waals surface area contributed by atoms with Crippen LogP contribution < -0.4 is 0 Å². The van der Waals surface area contributed by atoms with Crippen molar-refractivity contribution in [2.45, 2.75) is 69.6 Å². The summed E-state index contributed by atoms with van der Waals surface area (Å²) in [5.74, 6) is -0.0268. The van der Waals surface area contributed by atoms with Crippen LogP contribution in [0.2, 0.25) is 18.1 Å². The molecule has 0 amide bonds. The van der Waals surface area contributed by atoms with E-state index in [1.165, 1.54) is 12.2 Å². The van der Waals surface area contributed by atoms with Crippen molar-refractivity contribution in [1.82, 2.24) is 0 Å². The highest BCUT2D eigenvalue weighted by Crippen LogP contribution is 2.36. The summed E-state index contributed by atoms with van der Waals surface area (Å²) < 4.78 is 6.91. The molecule has 134 valence electrons. The van der Waals surface area contributed by atoms with E-state index >= 15 is 0 Å². The maximum Gasteiger partial charge on any atom is 0.192 e. The van der Waals surface area contributed by atoms with Gasteiger partial charge in [-0.05, 0) is 63.2 Å². The Morgan fingerprint density at radius 2 is 2.00 bits per heavy atom. The standard InChI is InChI=1S/C17H30ClIO3Si/c1-13(19)11-14(18)7-8-15(20)9-10-16(21)12-22-23(5,6)17(2,3)4/h9-10,14,16,21H,1,7-8,11-12H2,2-6H3/b10-9+. The van der Waals surface area contributed by atoms with Crippen molar-refractivity contribution >= 4 is 48.3 Å². The monoisotopic (exact) mass is 472 g/mol. The molecule has 0 aromatic heterocycles. The van der Waals surface area contributed by atoms with E-state index in [1.807, 2.05) is 0 Å². The number of alkyl halides is 1. The first-order valence-corrected chi connectivity index (χ1v) is 12.3. The minimum atomic E-state index is -1.87. The maximum absolute atomic E-state index is 11.8. The van der Waals surface area contributed by atoms with E-state index in [-0.39, 0.29) is 22.8 Å². The van der Waals surface area contributed by atoms with Gasteiger partial charge in [0.2, 0.25) is 0 Å². The second-order valence-electron chi connectivity index (χ2n) is 7.32. The second-order valence-corrected chi connectivity index (χ2v) is 14.3. The summed E-state index contributed by atoms with van der Waals surface area (Å²) in [5.41, 5.74) is 0. The highest BCUT2D eigenvalue weighted by atomic mass is 127. The smallest absolute Gasteiger partial charge is 0.192 e. The molecule has 2 atom stereocenters. The molecule has 0 fully saturated rings. The fraction of sp³-hybridized carbons (Fsp3) is 0.706. The van der Waals surface area contributed by atoms with Gasteiger partial charge in [-0.15, -0.1) is 11.6 Å². The van der Waals surface area contributed by atoms with Crippen molar-refractivity contribution in [1.29, 1.82) is 0 Å². The van der Waals surface area contributed by atoms with Crippen LogP contribution in [0.4, 0.5) is 0 Å². The molecular weight excluding hydrogens is 443 g/mol. The van der Waals surface area contributed by atoms with Crippen LogP contribution in [0.1, 0.15) is 40.0 Å². The fourth-order valence-corrected chi connectivity index (χ4v) is 3.62. The summed E-state index contributed by atoms with van der Waals surface area (Å²) >= 11 is 8.26. The summed E-state index contributed by atoms with van der Waals surface area (Å²) in [6, 6.07) is 0. The Kier molecular flexibility index (Phi) is 10.5. The number of ketones is 1. The molecule has 0 aliphatic carbocycles. The van der Waals surface area contributed by atoms with E-state index in [0.717, 1.165) is 3.58 Å². The zero-order valence-corrected chi connectivity index (χ0v) is 18.8. The number of carbonyl (C=O) groups excluding carboxylic acids is 1. The molecule has 0 bridgehead atoms. The van der Waals surface area contributed by atoms with Crippen LogP contribution >= 0.6 is 34.2 Å². The molecule has 23 heavy (non-hydrogen) atoms. The molecule has 0 aromatic rings. The van der Waals surface area contributed by atoms with Crippen LogP contribution in [-0.2, 0) is 9.22 Å². The summed E-state index contributed by atoms with van der Waals surface area (Å²) in [5, 5.41) is 9.98. The number of aliphatic hydroxyl groups excluding tert-OH is 1. The largest absolute Gasteiger partial charge is 0.414 e. The molecule has 0 saturated heterocycles. The Bertz CT molecular complexity index is 430. The summed E-state index contributed by atoms with van der Waals surface area (Å²) in [6.07, 6.45) is 3.89.